The van der Waals surface area contributed by atoms with E-state index in [-0.39, 0.29) is 6.04 Å². The van der Waals surface area contributed by atoms with Gasteiger partial charge in [0.15, 0.2) is 22.1 Å². The van der Waals surface area contributed by atoms with Gasteiger partial charge in [0.1, 0.15) is 6.10 Å². The van der Waals surface area contributed by atoms with Crippen LogP contribution in [-0.2, 0) is 0 Å². The third-order valence-electron chi connectivity index (χ3n) is 5.18. The number of aromatic nitrogens is 5. The van der Waals surface area contributed by atoms with E-state index in [2.05, 4.69) is 25.6 Å². The number of halogens is 2. The largest absolute Gasteiger partial charge is 0.390 e. The summed E-state index contributed by atoms with van der Waals surface area (Å²) in [6.07, 6.45) is 1.61. The standard InChI is InChI=1S/C18H18Cl2N6O2S/c19-10-4-3-9(7-11(10)20)29-18-22-16(21-8-1-2-8)14-17(23-18)26(25-24-14)12-5-6-13(27)15(12)28/h3-4,7-8,12-13,15,27-28H,1-2,5-6H2,(H,21,22,23)/t12?,13-,15?/m1/s1. The molecule has 2 aromatic heterocycles. The fourth-order valence-corrected chi connectivity index (χ4v) is 4.61. The zero-order chi connectivity index (χ0) is 20.1. The van der Waals surface area contributed by atoms with E-state index in [0.29, 0.717) is 51.1 Å². The molecule has 2 aliphatic rings. The summed E-state index contributed by atoms with van der Waals surface area (Å²) in [4.78, 5) is 10.1. The number of nitrogens with zero attached hydrogens (tertiary/aromatic N) is 5. The van der Waals surface area contributed by atoms with Crippen LogP contribution in [0, 0.1) is 0 Å². The van der Waals surface area contributed by atoms with E-state index < -0.39 is 12.2 Å². The summed E-state index contributed by atoms with van der Waals surface area (Å²) in [6, 6.07) is 5.35. The first-order valence-electron chi connectivity index (χ1n) is 9.38. The summed E-state index contributed by atoms with van der Waals surface area (Å²) in [7, 11) is 0. The summed E-state index contributed by atoms with van der Waals surface area (Å²) in [5.74, 6) is 0.624. The fourth-order valence-electron chi connectivity index (χ4n) is 3.45. The molecule has 2 heterocycles. The highest BCUT2D eigenvalue weighted by Crippen LogP contribution is 2.36. The van der Waals surface area contributed by atoms with E-state index in [0.717, 1.165) is 17.7 Å². The van der Waals surface area contributed by atoms with Crippen LogP contribution in [0.1, 0.15) is 31.7 Å². The minimum absolute atomic E-state index is 0.374. The molecule has 0 spiro atoms. The Labute approximate surface area is 180 Å². The summed E-state index contributed by atoms with van der Waals surface area (Å²) >= 11 is 13.5. The molecule has 2 fully saturated rings. The molecule has 152 valence electrons. The lowest BCUT2D eigenvalue weighted by Gasteiger charge is -2.16. The second-order valence-corrected chi connectivity index (χ2v) is 9.22. The van der Waals surface area contributed by atoms with Crippen molar-refractivity contribution in [2.75, 3.05) is 5.32 Å². The maximum atomic E-state index is 10.3. The van der Waals surface area contributed by atoms with Crippen LogP contribution in [0.2, 0.25) is 10.0 Å². The zero-order valence-corrected chi connectivity index (χ0v) is 17.5. The molecule has 0 saturated heterocycles. The van der Waals surface area contributed by atoms with Crippen molar-refractivity contribution in [2.24, 2.45) is 0 Å². The second kappa shape index (κ2) is 7.55. The Morgan fingerprint density at radius 2 is 1.90 bits per heavy atom. The number of aliphatic hydroxyl groups is 2. The SMILES string of the molecule is OC1C(n2nnc3c(NC4CC4)nc(Sc4ccc(Cl)c(Cl)c4)nc32)CC[C@H]1O. The van der Waals surface area contributed by atoms with Gasteiger partial charge in [-0.3, -0.25) is 0 Å². The minimum atomic E-state index is -0.902. The van der Waals surface area contributed by atoms with Gasteiger partial charge in [-0.1, -0.05) is 28.4 Å². The quantitative estimate of drug-likeness (QED) is 0.505. The van der Waals surface area contributed by atoms with Crippen LogP contribution in [0.3, 0.4) is 0 Å². The summed E-state index contributed by atoms with van der Waals surface area (Å²) in [6.45, 7) is 0. The van der Waals surface area contributed by atoms with Gasteiger partial charge in [0.05, 0.1) is 22.2 Å². The third-order valence-corrected chi connectivity index (χ3v) is 6.78. The molecular weight excluding hydrogens is 435 g/mol. The van der Waals surface area contributed by atoms with E-state index in [1.165, 1.54) is 11.8 Å². The van der Waals surface area contributed by atoms with Gasteiger partial charge in [0.2, 0.25) is 0 Å². The monoisotopic (exact) mass is 452 g/mol. The number of hydrogen-bond acceptors (Lipinski definition) is 8. The molecule has 29 heavy (non-hydrogen) atoms. The fraction of sp³-hybridized carbons (Fsp3) is 0.444. The molecule has 2 aliphatic carbocycles. The Balaban J connectivity index is 1.56. The molecular formula is C18H18Cl2N6O2S. The van der Waals surface area contributed by atoms with Crippen LogP contribution in [0.15, 0.2) is 28.3 Å². The maximum absolute atomic E-state index is 10.3. The van der Waals surface area contributed by atoms with Gasteiger partial charge in [-0.05, 0) is 55.6 Å². The Bertz CT molecular complexity index is 1080. The van der Waals surface area contributed by atoms with Crippen LogP contribution in [0.4, 0.5) is 5.82 Å². The van der Waals surface area contributed by atoms with Crippen molar-refractivity contribution in [3.05, 3.63) is 28.2 Å². The number of aliphatic hydroxyl groups excluding tert-OH is 2. The Morgan fingerprint density at radius 3 is 2.59 bits per heavy atom. The van der Waals surface area contributed by atoms with E-state index >= 15 is 0 Å². The lowest BCUT2D eigenvalue weighted by atomic mass is 10.2. The van der Waals surface area contributed by atoms with Gasteiger partial charge in [-0.25, -0.2) is 14.6 Å². The average Bonchev–Trinajstić information content (AvgIpc) is 3.32. The molecule has 0 amide bonds. The molecule has 5 rings (SSSR count). The van der Waals surface area contributed by atoms with Crippen molar-refractivity contribution in [3.8, 4) is 0 Å². The Hall–Kier alpha value is -1.65. The predicted molar refractivity (Wildman–Crippen MR) is 111 cm³/mol. The Morgan fingerprint density at radius 1 is 1.07 bits per heavy atom. The lowest BCUT2D eigenvalue weighted by Crippen LogP contribution is -2.28. The molecule has 2 saturated carbocycles. The minimum Gasteiger partial charge on any atom is -0.390 e. The first-order valence-corrected chi connectivity index (χ1v) is 11.0. The molecule has 8 nitrogen and oxygen atoms in total. The number of anilines is 1. The molecule has 0 bridgehead atoms. The number of benzene rings is 1. The van der Waals surface area contributed by atoms with E-state index in [1.54, 1.807) is 16.8 Å². The Kier molecular flexibility index (Phi) is 5.03. The number of fused-ring (bicyclic) bond motifs is 1. The average molecular weight is 453 g/mol. The maximum Gasteiger partial charge on any atom is 0.196 e. The molecule has 0 aliphatic heterocycles. The summed E-state index contributed by atoms with van der Waals surface area (Å²) in [5.41, 5.74) is 1.09. The van der Waals surface area contributed by atoms with Crippen LogP contribution in [-0.4, -0.2) is 53.4 Å². The van der Waals surface area contributed by atoms with Crippen LogP contribution < -0.4 is 5.32 Å². The van der Waals surface area contributed by atoms with E-state index in [4.69, 9.17) is 23.2 Å². The normalized spacial score (nSPS) is 24.3. The van der Waals surface area contributed by atoms with Crippen LogP contribution in [0.25, 0.3) is 11.2 Å². The van der Waals surface area contributed by atoms with Crippen molar-refractivity contribution in [1.29, 1.82) is 0 Å². The van der Waals surface area contributed by atoms with Gasteiger partial charge in [0, 0.05) is 10.9 Å². The molecule has 11 heteroatoms. The zero-order valence-electron chi connectivity index (χ0n) is 15.2. The lowest BCUT2D eigenvalue weighted by molar-refractivity contribution is 0.0215. The van der Waals surface area contributed by atoms with Crippen molar-refractivity contribution >= 4 is 51.9 Å². The molecule has 2 unspecified atom stereocenters. The van der Waals surface area contributed by atoms with Gasteiger partial charge in [-0.2, -0.15) is 0 Å². The van der Waals surface area contributed by atoms with Gasteiger partial charge < -0.3 is 15.5 Å². The topological polar surface area (TPSA) is 109 Å². The smallest absolute Gasteiger partial charge is 0.196 e. The number of nitrogens with one attached hydrogen (secondary N) is 1. The first-order chi connectivity index (χ1) is 14.0. The van der Waals surface area contributed by atoms with Gasteiger partial charge >= 0.3 is 0 Å². The summed E-state index contributed by atoms with van der Waals surface area (Å²) < 4.78 is 1.61. The van der Waals surface area contributed by atoms with Crippen molar-refractivity contribution in [2.45, 2.75) is 60.0 Å². The molecule has 3 aromatic rings. The summed E-state index contributed by atoms with van der Waals surface area (Å²) in [5, 5.41) is 33.6. The van der Waals surface area contributed by atoms with Crippen molar-refractivity contribution < 1.29 is 10.2 Å². The van der Waals surface area contributed by atoms with Crippen molar-refractivity contribution in [1.82, 2.24) is 25.0 Å². The van der Waals surface area contributed by atoms with Gasteiger partial charge in [-0.15, -0.1) is 5.10 Å². The number of rotatable bonds is 5. The highest BCUT2D eigenvalue weighted by Gasteiger charge is 2.37. The second-order valence-electron chi connectivity index (χ2n) is 7.36. The van der Waals surface area contributed by atoms with E-state index in [1.807, 2.05) is 6.07 Å². The highest BCUT2D eigenvalue weighted by molar-refractivity contribution is 7.99. The first kappa shape index (κ1) is 19.3. The predicted octanol–water partition coefficient (Wildman–Crippen LogP) is 3.31. The van der Waals surface area contributed by atoms with Crippen LogP contribution in [0.5, 0.6) is 0 Å². The third kappa shape index (κ3) is 3.77. The van der Waals surface area contributed by atoms with Gasteiger partial charge in [0.25, 0.3) is 0 Å². The molecule has 3 N–H and O–H groups in total. The van der Waals surface area contributed by atoms with Crippen molar-refractivity contribution in [3.63, 3.8) is 0 Å². The molecule has 0 radical (unpaired) electrons. The molecule has 3 atom stereocenters. The highest BCUT2D eigenvalue weighted by atomic mass is 35.5. The van der Waals surface area contributed by atoms with E-state index in [9.17, 15) is 10.2 Å². The molecule has 1 aromatic carbocycles. The number of hydrogen-bond donors (Lipinski definition) is 3. The van der Waals surface area contributed by atoms with Crippen LogP contribution >= 0.6 is 35.0 Å².